The number of carboxylic acids is 1. The molecular weight excluding hydrogens is 268 g/mol. The first-order chi connectivity index (χ1) is 8.69. The fraction of sp³-hybridized carbons (Fsp3) is 0.417. The highest BCUT2D eigenvalue weighted by Gasteiger charge is 2.17. The average molecular weight is 284 g/mol. The Labute approximate surface area is 115 Å². The fourth-order valence-electron chi connectivity index (χ4n) is 1.22. The summed E-state index contributed by atoms with van der Waals surface area (Å²) in [5.74, 6) is -1.47. The molecule has 0 spiro atoms. The van der Waals surface area contributed by atoms with Gasteiger partial charge in [0.15, 0.2) is 0 Å². The van der Waals surface area contributed by atoms with E-state index in [9.17, 15) is 9.59 Å². The smallest absolute Gasteiger partial charge is 0.339 e. The van der Waals surface area contributed by atoms with Crippen molar-refractivity contribution < 1.29 is 19.4 Å². The number of hydrogen-bond acceptors (Lipinski definition) is 6. The largest absolute Gasteiger partial charge is 0.478 e. The zero-order chi connectivity index (χ0) is 14.6. The van der Waals surface area contributed by atoms with E-state index in [1.807, 2.05) is 0 Å². The molecule has 6 nitrogen and oxygen atoms in total. The minimum Gasteiger partial charge on any atom is -0.478 e. The first-order valence-electron chi connectivity index (χ1n) is 5.53. The van der Waals surface area contributed by atoms with Crippen molar-refractivity contribution in [3.05, 3.63) is 17.7 Å². The lowest BCUT2D eigenvalue weighted by Gasteiger charge is -2.19. The van der Waals surface area contributed by atoms with E-state index in [2.05, 4.69) is 4.98 Å². The maximum Gasteiger partial charge on any atom is 0.339 e. The Balaban J connectivity index is 2.62. The van der Waals surface area contributed by atoms with Crippen LogP contribution in [0.15, 0.2) is 17.2 Å². The Hall–Kier alpha value is -1.76. The van der Waals surface area contributed by atoms with Gasteiger partial charge in [-0.25, -0.2) is 9.78 Å². The lowest BCUT2D eigenvalue weighted by Crippen LogP contribution is -2.24. The monoisotopic (exact) mass is 284 g/mol. The summed E-state index contributed by atoms with van der Waals surface area (Å²) < 4.78 is 5.14. The molecule has 19 heavy (non-hydrogen) atoms. The maximum atomic E-state index is 11.5. The van der Waals surface area contributed by atoms with Gasteiger partial charge in [-0.15, -0.1) is 0 Å². The van der Waals surface area contributed by atoms with Gasteiger partial charge in [0, 0.05) is 0 Å². The van der Waals surface area contributed by atoms with Crippen molar-refractivity contribution >= 4 is 29.5 Å². The number of anilines is 1. The number of carbonyl (C=O) groups is 2. The van der Waals surface area contributed by atoms with Gasteiger partial charge in [0.1, 0.15) is 17.0 Å². The number of aromatic carboxylic acids is 1. The number of aromatic nitrogens is 1. The van der Waals surface area contributed by atoms with Crippen LogP contribution in [0, 0.1) is 0 Å². The van der Waals surface area contributed by atoms with Crippen LogP contribution >= 0.6 is 11.8 Å². The number of carboxylic acid groups (broad SMARTS) is 1. The summed E-state index contributed by atoms with van der Waals surface area (Å²) in [4.78, 5) is 26.2. The van der Waals surface area contributed by atoms with E-state index in [0.717, 1.165) is 11.8 Å². The predicted molar refractivity (Wildman–Crippen MR) is 72.2 cm³/mol. The molecule has 104 valence electrons. The third-order valence-corrected chi connectivity index (χ3v) is 2.79. The van der Waals surface area contributed by atoms with E-state index in [-0.39, 0.29) is 23.1 Å². The van der Waals surface area contributed by atoms with Gasteiger partial charge >= 0.3 is 11.9 Å². The maximum absolute atomic E-state index is 11.5. The summed E-state index contributed by atoms with van der Waals surface area (Å²) >= 11 is 1.15. The number of hydrogen-bond donors (Lipinski definition) is 2. The van der Waals surface area contributed by atoms with Crippen LogP contribution in [-0.4, -0.2) is 33.4 Å². The predicted octanol–water partition coefficient (Wildman–Crippen LogP) is 1.80. The van der Waals surface area contributed by atoms with E-state index in [4.69, 9.17) is 15.6 Å². The Morgan fingerprint density at radius 3 is 2.53 bits per heavy atom. The van der Waals surface area contributed by atoms with E-state index >= 15 is 0 Å². The Bertz CT molecular complexity index is 497. The summed E-state index contributed by atoms with van der Waals surface area (Å²) in [5.41, 5.74) is 4.92. The standard InChI is InChI=1S/C12H16N2O4S/c1-12(2,3)18-9(15)6-19-8-5-4-7(11(16)17)10(13)14-8/h4-5H,6H2,1-3H3,(H2,13,14)(H,16,17). The second-order valence-electron chi connectivity index (χ2n) is 4.76. The van der Waals surface area contributed by atoms with Gasteiger partial charge in [0.05, 0.1) is 10.8 Å². The molecule has 0 aliphatic rings. The number of nitrogens with two attached hydrogens (primary N) is 1. The summed E-state index contributed by atoms with van der Waals surface area (Å²) in [6.45, 7) is 5.36. The summed E-state index contributed by atoms with van der Waals surface area (Å²) in [6.07, 6.45) is 0. The van der Waals surface area contributed by atoms with E-state index in [1.54, 1.807) is 20.8 Å². The van der Waals surface area contributed by atoms with Crippen LogP contribution in [0.4, 0.5) is 5.82 Å². The molecule has 0 atom stereocenters. The molecule has 0 bridgehead atoms. The molecule has 0 aliphatic heterocycles. The minimum atomic E-state index is -1.13. The topological polar surface area (TPSA) is 103 Å². The number of esters is 1. The van der Waals surface area contributed by atoms with Crippen LogP contribution in [0.5, 0.6) is 0 Å². The van der Waals surface area contributed by atoms with Gasteiger partial charge in [0.2, 0.25) is 0 Å². The van der Waals surface area contributed by atoms with Crippen LogP contribution in [0.1, 0.15) is 31.1 Å². The quantitative estimate of drug-likeness (QED) is 0.641. The van der Waals surface area contributed by atoms with Crippen LogP contribution < -0.4 is 5.73 Å². The van der Waals surface area contributed by atoms with Crippen molar-refractivity contribution in [2.45, 2.75) is 31.4 Å². The highest BCUT2D eigenvalue weighted by molar-refractivity contribution is 7.99. The zero-order valence-electron chi connectivity index (χ0n) is 11.0. The second kappa shape index (κ2) is 5.92. The van der Waals surface area contributed by atoms with Gasteiger partial charge in [-0.3, -0.25) is 4.79 Å². The highest BCUT2D eigenvalue weighted by atomic mass is 32.2. The van der Waals surface area contributed by atoms with Crippen LogP contribution in [0.2, 0.25) is 0 Å². The molecule has 3 N–H and O–H groups in total. The van der Waals surface area contributed by atoms with Gasteiger partial charge < -0.3 is 15.6 Å². The van der Waals surface area contributed by atoms with Gasteiger partial charge in [-0.1, -0.05) is 11.8 Å². The van der Waals surface area contributed by atoms with E-state index in [0.29, 0.717) is 5.03 Å². The van der Waals surface area contributed by atoms with Crippen LogP contribution in [-0.2, 0) is 9.53 Å². The van der Waals surface area contributed by atoms with Crippen LogP contribution in [0.25, 0.3) is 0 Å². The lowest BCUT2D eigenvalue weighted by atomic mass is 10.2. The first kappa shape index (κ1) is 15.3. The summed E-state index contributed by atoms with van der Waals surface area (Å²) in [7, 11) is 0. The molecular formula is C12H16N2O4S. The molecule has 0 saturated carbocycles. The normalized spacial score (nSPS) is 11.1. The van der Waals surface area contributed by atoms with Gasteiger partial charge in [-0.05, 0) is 32.9 Å². The van der Waals surface area contributed by atoms with Crippen molar-refractivity contribution in [2.24, 2.45) is 0 Å². The summed E-state index contributed by atoms with van der Waals surface area (Å²) in [5, 5.41) is 9.28. The molecule has 7 heteroatoms. The van der Waals surface area contributed by atoms with Crippen molar-refractivity contribution in [3.63, 3.8) is 0 Å². The molecule has 0 fully saturated rings. The molecule has 0 aliphatic carbocycles. The highest BCUT2D eigenvalue weighted by Crippen LogP contribution is 2.20. The van der Waals surface area contributed by atoms with E-state index in [1.165, 1.54) is 12.1 Å². The summed E-state index contributed by atoms with van der Waals surface area (Å²) in [6, 6.07) is 2.87. The molecule has 0 unspecified atom stereocenters. The number of carbonyl (C=O) groups excluding carboxylic acids is 1. The third-order valence-electron chi connectivity index (χ3n) is 1.89. The van der Waals surface area contributed by atoms with E-state index < -0.39 is 11.6 Å². The Kier molecular flexibility index (Phi) is 4.77. The lowest BCUT2D eigenvalue weighted by molar-refractivity contribution is -0.151. The number of thioether (sulfide) groups is 1. The SMILES string of the molecule is CC(C)(C)OC(=O)CSc1ccc(C(=O)O)c(N)n1. The fourth-order valence-corrected chi connectivity index (χ4v) is 1.87. The number of ether oxygens (including phenoxy) is 1. The Morgan fingerprint density at radius 1 is 1.42 bits per heavy atom. The molecule has 1 aromatic rings. The number of rotatable bonds is 4. The third kappa shape index (κ3) is 5.17. The van der Waals surface area contributed by atoms with Crippen molar-refractivity contribution in [2.75, 3.05) is 11.5 Å². The zero-order valence-corrected chi connectivity index (χ0v) is 11.8. The molecule has 1 heterocycles. The first-order valence-corrected chi connectivity index (χ1v) is 6.52. The molecule has 1 aromatic heterocycles. The second-order valence-corrected chi connectivity index (χ2v) is 5.76. The van der Waals surface area contributed by atoms with Crippen molar-refractivity contribution in [3.8, 4) is 0 Å². The average Bonchev–Trinajstić information content (AvgIpc) is 2.23. The minimum absolute atomic E-state index is 0.0541. The molecule has 0 aromatic carbocycles. The number of pyridine rings is 1. The number of nitrogen functional groups attached to an aromatic ring is 1. The van der Waals surface area contributed by atoms with Gasteiger partial charge in [0.25, 0.3) is 0 Å². The molecule has 0 radical (unpaired) electrons. The molecule has 0 saturated heterocycles. The molecule has 1 rings (SSSR count). The Morgan fingerprint density at radius 2 is 2.05 bits per heavy atom. The number of nitrogens with zero attached hydrogens (tertiary/aromatic N) is 1. The molecule has 0 amide bonds. The van der Waals surface area contributed by atoms with Crippen molar-refractivity contribution in [1.29, 1.82) is 0 Å². The van der Waals surface area contributed by atoms with Gasteiger partial charge in [-0.2, -0.15) is 0 Å². The van der Waals surface area contributed by atoms with Crippen LogP contribution in [0.3, 0.4) is 0 Å². The van der Waals surface area contributed by atoms with Crippen molar-refractivity contribution in [1.82, 2.24) is 4.98 Å².